The van der Waals surface area contributed by atoms with E-state index in [-0.39, 0.29) is 6.42 Å². The number of hydrogen-bond acceptors (Lipinski definition) is 2. The normalized spacial score (nSPS) is 11.7. The van der Waals surface area contributed by atoms with Gasteiger partial charge >= 0.3 is 5.97 Å². The summed E-state index contributed by atoms with van der Waals surface area (Å²) in [6.07, 6.45) is 0.248. The lowest BCUT2D eigenvalue weighted by atomic mass is 10.1. The standard InChI is InChI=1S/C16H14BrNO3/c17-13-8-6-12(7-9-13)15(19)18-14(16(20)21)10-11-4-2-1-3-5-11/h1-9,14H,10H2,(H,18,19)(H,20,21)/t14-/m0/s1. The van der Waals surface area contributed by atoms with Crippen LogP contribution in [0.15, 0.2) is 59.1 Å². The molecule has 0 radical (unpaired) electrons. The van der Waals surface area contributed by atoms with Crippen LogP contribution < -0.4 is 5.32 Å². The highest BCUT2D eigenvalue weighted by Gasteiger charge is 2.20. The summed E-state index contributed by atoms with van der Waals surface area (Å²) in [7, 11) is 0. The quantitative estimate of drug-likeness (QED) is 0.873. The fourth-order valence-electron chi connectivity index (χ4n) is 1.89. The molecule has 0 heterocycles. The van der Waals surface area contributed by atoms with Gasteiger partial charge in [0.1, 0.15) is 6.04 Å². The summed E-state index contributed by atoms with van der Waals surface area (Å²) in [5, 5.41) is 11.8. The highest BCUT2D eigenvalue weighted by molar-refractivity contribution is 9.10. The first-order valence-corrected chi connectivity index (χ1v) is 7.19. The summed E-state index contributed by atoms with van der Waals surface area (Å²) in [6, 6.07) is 15.0. The number of halogens is 1. The van der Waals surface area contributed by atoms with Gasteiger partial charge in [-0.15, -0.1) is 0 Å². The minimum atomic E-state index is -1.05. The lowest BCUT2D eigenvalue weighted by molar-refractivity contribution is -0.139. The first kappa shape index (κ1) is 15.3. The average Bonchev–Trinajstić information content (AvgIpc) is 2.48. The molecule has 2 aromatic rings. The molecule has 108 valence electrons. The molecular weight excluding hydrogens is 334 g/mol. The van der Waals surface area contributed by atoms with Gasteiger partial charge in [0, 0.05) is 16.5 Å². The maximum Gasteiger partial charge on any atom is 0.326 e. The number of amides is 1. The Kier molecular flexibility index (Phi) is 5.11. The molecule has 2 rings (SSSR count). The van der Waals surface area contributed by atoms with Gasteiger partial charge in [-0.1, -0.05) is 46.3 Å². The van der Waals surface area contributed by atoms with Gasteiger partial charge in [-0.05, 0) is 29.8 Å². The van der Waals surface area contributed by atoms with Crippen molar-refractivity contribution >= 4 is 27.8 Å². The Morgan fingerprint density at radius 3 is 2.24 bits per heavy atom. The largest absolute Gasteiger partial charge is 0.480 e. The second kappa shape index (κ2) is 7.04. The molecule has 2 aromatic carbocycles. The maximum absolute atomic E-state index is 12.1. The SMILES string of the molecule is O=C(N[C@@H](Cc1ccccc1)C(=O)O)c1ccc(Br)cc1. The van der Waals surface area contributed by atoms with Crippen molar-refractivity contribution in [3.8, 4) is 0 Å². The molecule has 0 aliphatic rings. The first-order valence-electron chi connectivity index (χ1n) is 6.39. The first-order chi connectivity index (χ1) is 10.1. The Hall–Kier alpha value is -2.14. The van der Waals surface area contributed by atoms with Gasteiger partial charge in [0.25, 0.3) is 5.91 Å². The van der Waals surface area contributed by atoms with Crippen molar-refractivity contribution in [2.24, 2.45) is 0 Å². The van der Waals surface area contributed by atoms with Crippen molar-refractivity contribution in [2.45, 2.75) is 12.5 Å². The molecule has 0 fully saturated rings. The Labute approximate surface area is 130 Å². The Morgan fingerprint density at radius 2 is 1.67 bits per heavy atom. The Bertz CT molecular complexity index is 626. The van der Waals surface area contributed by atoms with Gasteiger partial charge in [-0.25, -0.2) is 4.79 Å². The topological polar surface area (TPSA) is 66.4 Å². The van der Waals surface area contributed by atoms with E-state index in [2.05, 4.69) is 21.2 Å². The number of benzene rings is 2. The number of nitrogens with one attached hydrogen (secondary N) is 1. The van der Waals surface area contributed by atoms with Gasteiger partial charge in [0.2, 0.25) is 0 Å². The lowest BCUT2D eigenvalue weighted by Gasteiger charge is -2.14. The molecule has 0 unspecified atom stereocenters. The average molecular weight is 348 g/mol. The van der Waals surface area contributed by atoms with Gasteiger partial charge in [-0.3, -0.25) is 4.79 Å². The molecule has 0 saturated carbocycles. The van der Waals surface area contributed by atoms with Gasteiger partial charge < -0.3 is 10.4 Å². The molecule has 1 atom stereocenters. The fraction of sp³-hybridized carbons (Fsp3) is 0.125. The molecule has 0 spiro atoms. The third-order valence-corrected chi connectivity index (χ3v) is 3.52. The number of carbonyl (C=O) groups excluding carboxylic acids is 1. The van der Waals surface area contributed by atoms with Crippen molar-refractivity contribution in [3.05, 3.63) is 70.2 Å². The van der Waals surface area contributed by atoms with Crippen LogP contribution in [0, 0.1) is 0 Å². The smallest absolute Gasteiger partial charge is 0.326 e. The summed E-state index contributed by atoms with van der Waals surface area (Å²) in [4.78, 5) is 23.4. The molecular formula is C16H14BrNO3. The van der Waals surface area contributed by atoms with Crippen LogP contribution in [0.3, 0.4) is 0 Å². The number of carboxylic acids is 1. The van der Waals surface area contributed by atoms with Gasteiger partial charge in [0.05, 0.1) is 0 Å². The van der Waals surface area contributed by atoms with E-state index in [1.165, 1.54) is 0 Å². The number of hydrogen-bond donors (Lipinski definition) is 2. The molecule has 4 nitrogen and oxygen atoms in total. The predicted molar refractivity (Wildman–Crippen MR) is 83.2 cm³/mol. The van der Waals surface area contributed by atoms with E-state index < -0.39 is 17.9 Å². The predicted octanol–water partition coefficient (Wildman–Crippen LogP) is 2.87. The molecule has 1 amide bonds. The highest BCUT2D eigenvalue weighted by Crippen LogP contribution is 2.11. The molecule has 0 saturated heterocycles. The zero-order valence-corrected chi connectivity index (χ0v) is 12.7. The number of carbonyl (C=O) groups is 2. The summed E-state index contributed by atoms with van der Waals surface area (Å²) in [5.41, 5.74) is 1.29. The Morgan fingerprint density at radius 1 is 1.05 bits per heavy atom. The van der Waals surface area contributed by atoms with Crippen LogP contribution in [-0.2, 0) is 11.2 Å². The van der Waals surface area contributed by atoms with Crippen LogP contribution in [0.5, 0.6) is 0 Å². The monoisotopic (exact) mass is 347 g/mol. The number of aliphatic carboxylic acids is 1. The molecule has 5 heteroatoms. The van der Waals surface area contributed by atoms with Crippen LogP contribution in [0.2, 0.25) is 0 Å². The summed E-state index contributed by atoms with van der Waals surface area (Å²) >= 11 is 3.29. The minimum Gasteiger partial charge on any atom is -0.480 e. The second-order valence-electron chi connectivity index (χ2n) is 4.56. The second-order valence-corrected chi connectivity index (χ2v) is 5.48. The molecule has 0 aliphatic carbocycles. The van der Waals surface area contributed by atoms with E-state index in [1.807, 2.05) is 30.3 Å². The molecule has 0 aliphatic heterocycles. The van der Waals surface area contributed by atoms with Crippen molar-refractivity contribution in [1.82, 2.24) is 5.32 Å². The van der Waals surface area contributed by atoms with E-state index in [1.54, 1.807) is 24.3 Å². The molecule has 2 N–H and O–H groups in total. The van der Waals surface area contributed by atoms with Crippen LogP contribution in [0.4, 0.5) is 0 Å². The third-order valence-electron chi connectivity index (χ3n) is 2.99. The number of carboxylic acid groups (broad SMARTS) is 1. The van der Waals surface area contributed by atoms with Crippen LogP contribution >= 0.6 is 15.9 Å². The van der Waals surface area contributed by atoms with E-state index in [0.717, 1.165) is 10.0 Å². The van der Waals surface area contributed by atoms with Crippen molar-refractivity contribution < 1.29 is 14.7 Å². The van der Waals surface area contributed by atoms with E-state index in [4.69, 9.17) is 0 Å². The fourth-order valence-corrected chi connectivity index (χ4v) is 2.16. The Balaban J connectivity index is 2.07. The third kappa shape index (κ3) is 4.43. The van der Waals surface area contributed by atoms with E-state index in [0.29, 0.717) is 5.56 Å². The summed E-state index contributed by atoms with van der Waals surface area (Å²) < 4.78 is 0.859. The van der Waals surface area contributed by atoms with Crippen molar-refractivity contribution in [2.75, 3.05) is 0 Å². The van der Waals surface area contributed by atoms with Gasteiger partial charge in [-0.2, -0.15) is 0 Å². The maximum atomic E-state index is 12.1. The molecule has 21 heavy (non-hydrogen) atoms. The zero-order valence-electron chi connectivity index (χ0n) is 11.1. The minimum absolute atomic E-state index is 0.248. The van der Waals surface area contributed by atoms with Crippen LogP contribution in [0.1, 0.15) is 15.9 Å². The highest BCUT2D eigenvalue weighted by atomic mass is 79.9. The van der Waals surface area contributed by atoms with Crippen molar-refractivity contribution in [1.29, 1.82) is 0 Å². The van der Waals surface area contributed by atoms with Crippen LogP contribution in [-0.4, -0.2) is 23.0 Å². The van der Waals surface area contributed by atoms with E-state index in [9.17, 15) is 14.7 Å². The summed E-state index contributed by atoms with van der Waals surface area (Å²) in [5.74, 6) is -1.45. The number of rotatable bonds is 5. The van der Waals surface area contributed by atoms with E-state index >= 15 is 0 Å². The van der Waals surface area contributed by atoms with Crippen molar-refractivity contribution in [3.63, 3.8) is 0 Å². The molecule has 0 aromatic heterocycles. The summed E-state index contributed by atoms with van der Waals surface area (Å²) in [6.45, 7) is 0. The van der Waals surface area contributed by atoms with Crippen LogP contribution in [0.25, 0.3) is 0 Å². The molecule has 0 bridgehead atoms. The lowest BCUT2D eigenvalue weighted by Crippen LogP contribution is -2.42. The zero-order chi connectivity index (χ0) is 15.2. The van der Waals surface area contributed by atoms with Gasteiger partial charge in [0.15, 0.2) is 0 Å².